The van der Waals surface area contributed by atoms with Crippen molar-refractivity contribution in [1.29, 1.82) is 5.26 Å². The van der Waals surface area contributed by atoms with Crippen molar-refractivity contribution in [2.75, 3.05) is 0 Å². The Hall–Kier alpha value is -3.00. The first-order valence-electron chi connectivity index (χ1n) is 7.45. The minimum atomic E-state index is -0.138. The van der Waals surface area contributed by atoms with Gasteiger partial charge >= 0.3 is 0 Å². The highest BCUT2D eigenvalue weighted by Crippen LogP contribution is 2.43. The third-order valence-electron chi connectivity index (χ3n) is 4.33. The number of hydrogen-bond acceptors (Lipinski definition) is 3. The van der Waals surface area contributed by atoms with Gasteiger partial charge in [-0.2, -0.15) is 5.26 Å². The van der Waals surface area contributed by atoms with Crippen LogP contribution < -0.4 is 10.2 Å². The molecule has 1 aromatic carbocycles. The number of nitrogens with zero attached hydrogens (tertiary/aromatic N) is 3. The topological polar surface area (TPSA) is 50.8 Å². The van der Waals surface area contributed by atoms with E-state index in [1.807, 2.05) is 39.6 Å². The highest BCUT2D eigenvalue weighted by Gasteiger charge is 2.28. The highest BCUT2D eigenvalue weighted by molar-refractivity contribution is 6.32. The van der Waals surface area contributed by atoms with Gasteiger partial charge in [0.1, 0.15) is 19.9 Å². The molecule has 0 radical (unpaired) electrons. The predicted octanol–water partition coefficient (Wildman–Crippen LogP) is 1.76. The molecule has 4 nitrogen and oxygen atoms in total. The summed E-state index contributed by atoms with van der Waals surface area (Å²) in [6, 6.07) is 10.5. The van der Waals surface area contributed by atoms with Gasteiger partial charge in [-0.3, -0.25) is 4.98 Å². The summed E-state index contributed by atoms with van der Waals surface area (Å²) in [6.45, 7) is 0. The van der Waals surface area contributed by atoms with Crippen molar-refractivity contribution in [3.05, 3.63) is 65.8 Å². The fraction of sp³-hybridized carbons (Fsp3) is 0.111. The Morgan fingerprint density at radius 1 is 1.30 bits per heavy atom. The Balaban J connectivity index is 1.98. The molecule has 110 valence electrons. The van der Waals surface area contributed by atoms with Crippen LogP contribution in [0.25, 0.3) is 10.9 Å². The monoisotopic (exact) mass is 299 g/mol. The zero-order valence-corrected chi connectivity index (χ0v) is 12.9. The number of rotatable bonds is 1. The van der Waals surface area contributed by atoms with Gasteiger partial charge in [-0.25, -0.2) is 0 Å². The van der Waals surface area contributed by atoms with Crippen molar-refractivity contribution < 1.29 is 4.74 Å². The molecule has 0 saturated carbocycles. The highest BCUT2D eigenvalue weighted by atomic mass is 16.5. The van der Waals surface area contributed by atoms with Crippen LogP contribution in [0.2, 0.25) is 0 Å². The summed E-state index contributed by atoms with van der Waals surface area (Å²) in [7, 11) is 4.02. The van der Waals surface area contributed by atoms with Crippen LogP contribution in [-0.2, 0) is 7.05 Å². The summed E-state index contributed by atoms with van der Waals surface area (Å²) in [5, 5.41) is 10.6. The van der Waals surface area contributed by atoms with E-state index in [-0.39, 0.29) is 5.92 Å². The van der Waals surface area contributed by atoms with Crippen LogP contribution >= 0.6 is 0 Å². The molecule has 0 aliphatic carbocycles. The molecule has 3 heterocycles. The molecule has 1 aliphatic heterocycles. The van der Waals surface area contributed by atoms with Gasteiger partial charge < -0.3 is 9.30 Å². The van der Waals surface area contributed by atoms with E-state index in [1.165, 1.54) is 0 Å². The van der Waals surface area contributed by atoms with Crippen LogP contribution in [0.3, 0.4) is 0 Å². The lowest BCUT2D eigenvalue weighted by molar-refractivity contribution is 0.459. The molecule has 5 heteroatoms. The molecule has 0 amide bonds. The zero-order valence-electron chi connectivity index (χ0n) is 12.9. The summed E-state index contributed by atoms with van der Waals surface area (Å²) < 4.78 is 7.88. The van der Waals surface area contributed by atoms with E-state index < -0.39 is 0 Å². The van der Waals surface area contributed by atoms with E-state index in [9.17, 15) is 5.26 Å². The molecule has 1 atom stereocenters. The number of allylic oxidation sites excluding steroid dienone is 1. The second-order valence-electron chi connectivity index (χ2n) is 5.87. The zero-order chi connectivity index (χ0) is 16.0. The summed E-state index contributed by atoms with van der Waals surface area (Å²) >= 11 is 0. The average Bonchev–Trinajstić information content (AvgIpc) is 2.95. The molecular weight excluding hydrogens is 285 g/mol. The molecule has 0 bridgehead atoms. The summed E-state index contributed by atoms with van der Waals surface area (Å²) in [4.78, 5) is 4.29. The number of nitriles is 1. The van der Waals surface area contributed by atoms with E-state index in [1.54, 1.807) is 6.26 Å². The average molecular weight is 299 g/mol. The second-order valence-corrected chi connectivity index (χ2v) is 5.87. The van der Waals surface area contributed by atoms with Crippen LogP contribution in [0.4, 0.5) is 0 Å². The van der Waals surface area contributed by atoms with Crippen molar-refractivity contribution in [1.82, 2.24) is 9.55 Å². The van der Waals surface area contributed by atoms with E-state index >= 15 is 0 Å². The lowest BCUT2D eigenvalue weighted by Gasteiger charge is -2.24. The predicted molar refractivity (Wildman–Crippen MR) is 91.5 cm³/mol. The Labute approximate surface area is 135 Å². The number of aromatic nitrogens is 2. The van der Waals surface area contributed by atoms with Crippen LogP contribution in [-0.4, -0.2) is 17.4 Å². The van der Waals surface area contributed by atoms with Crippen LogP contribution in [0.15, 0.2) is 54.7 Å². The molecule has 1 unspecified atom stereocenters. The number of ether oxygens (including phenoxy) is 1. The standard InChI is InChI=1S/C18H14BN3O/c1-22-5-4-14-16(22)3-2-15-17(11-6-13(19)9-21-8-11)12(7-20)10-23-18(14)15/h2-6,8-10,17H,19H2,1H3. The van der Waals surface area contributed by atoms with Gasteiger partial charge in [0, 0.05) is 36.6 Å². The van der Waals surface area contributed by atoms with Gasteiger partial charge in [-0.15, -0.1) is 0 Å². The quantitative estimate of drug-likeness (QED) is 0.643. The van der Waals surface area contributed by atoms with Gasteiger partial charge in [-0.05, 0) is 17.7 Å². The molecule has 0 spiro atoms. The maximum Gasteiger partial charge on any atom is 0.141 e. The molecule has 23 heavy (non-hydrogen) atoms. The molecule has 4 rings (SSSR count). The van der Waals surface area contributed by atoms with Crippen molar-refractivity contribution in [2.24, 2.45) is 7.05 Å². The fourth-order valence-corrected chi connectivity index (χ4v) is 3.24. The van der Waals surface area contributed by atoms with Crippen LogP contribution in [0.1, 0.15) is 17.0 Å². The lowest BCUT2D eigenvalue weighted by Crippen LogP contribution is -2.14. The van der Waals surface area contributed by atoms with E-state index in [4.69, 9.17) is 4.74 Å². The lowest BCUT2D eigenvalue weighted by atomic mass is 9.82. The molecule has 0 N–H and O–H groups in total. The minimum absolute atomic E-state index is 0.138. The van der Waals surface area contributed by atoms with E-state index in [0.717, 1.165) is 33.2 Å². The Kier molecular flexibility index (Phi) is 2.98. The normalized spacial score (nSPS) is 16.3. The SMILES string of the molecule is Bc1cncc(C2C(C#N)=COc3c2ccc2c3ccn2C)c1. The summed E-state index contributed by atoms with van der Waals surface area (Å²) in [5.41, 5.74) is 4.81. The Bertz CT molecular complexity index is 997. The van der Waals surface area contributed by atoms with Crippen molar-refractivity contribution in [2.45, 2.75) is 5.92 Å². The fourth-order valence-electron chi connectivity index (χ4n) is 3.24. The number of aryl methyl sites for hydroxylation is 1. The first kappa shape index (κ1) is 13.7. The molecular formula is C18H14BN3O. The largest absolute Gasteiger partial charge is 0.463 e. The summed E-state index contributed by atoms with van der Waals surface area (Å²) in [5.74, 6) is 0.689. The Morgan fingerprint density at radius 2 is 2.17 bits per heavy atom. The summed E-state index contributed by atoms with van der Waals surface area (Å²) in [6.07, 6.45) is 7.23. The number of pyridine rings is 1. The maximum absolute atomic E-state index is 9.51. The third-order valence-corrected chi connectivity index (χ3v) is 4.33. The van der Waals surface area contributed by atoms with Gasteiger partial charge in [-0.1, -0.05) is 17.6 Å². The first-order chi connectivity index (χ1) is 11.2. The molecule has 0 fully saturated rings. The smallest absolute Gasteiger partial charge is 0.141 e. The molecule has 0 saturated heterocycles. The number of benzene rings is 1. The Morgan fingerprint density at radius 3 is 2.96 bits per heavy atom. The molecule has 2 aromatic heterocycles. The van der Waals surface area contributed by atoms with E-state index in [0.29, 0.717) is 5.57 Å². The minimum Gasteiger partial charge on any atom is -0.463 e. The molecule has 1 aliphatic rings. The van der Waals surface area contributed by atoms with Crippen molar-refractivity contribution in [3.8, 4) is 11.8 Å². The number of hydrogen-bond donors (Lipinski definition) is 0. The van der Waals surface area contributed by atoms with Gasteiger partial charge in [0.2, 0.25) is 0 Å². The maximum atomic E-state index is 9.51. The van der Waals surface area contributed by atoms with Gasteiger partial charge in [0.25, 0.3) is 0 Å². The van der Waals surface area contributed by atoms with Gasteiger partial charge in [0.15, 0.2) is 0 Å². The van der Waals surface area contributed by atoms with E-state index in [2.05, 4.69) is 33.8 Å². The second kappa shape index (κ2) is 5.03. The van der Waals surface area contributed by atoms with Crippen molar-refractivity contribution in [3.63, 3.8) is 0 Å². The van der Waals surface area contributed by atoms with Crippen LogP contribution in [0, 0.1) is 11.3 Å². The van der Waals surface area contributed by atoms with Crippen LogP contribution in [0.5, 0.6) is 5.75 Å². The number of fused-ring (bicyclic) bond motifs is 3. The van der Waals surface area contributed by atoms with Gasteiger partial charge in [0.05, 0.1) is 23.1 Å². The third kappa shape index (κ3) is 2.03. The molecule has 3 aromatic rings. The first-order valence-corrected chi connectivity index (χ1v) is 7.45. The van der Waals surface area contributed by atoms with Crippen molar-refractivity contribution >= 4 is 24.2 Å².